The number of oxime groups is 1. The van der Waals surface area contributed by atoms with Gasteiger partial charge in [0.25, 0.3) is 0 Å². The van der Waals surface area contributed by atoms with Gasteiger partial charge >= 0.3 is 5.97 Å². The van der Waals surface area contributed by atoms with Crippen LogP contribution in [0.3, 0.4) is 0 Å². The fourth-order valence-corrected chi connectivity index (χ4v) is 5.08. The molecule has 0 radical (unpaired) electrons. The molecule has 6 nitrogen and oxygen atoms in total. The van der Waals surface area contributed by atoms with E-state index in [0.717, 1.165) is 15.4 Å². The molecule has 134 valence electrons. The molecule has 2 aliphatic heterocycles. The standard InChI is InChI=1S/C18H16N2O4S2/c21-18-15(17(19-24-18)13-4-2-1-3-5-13)12-14-6-7-16(25-14)20-8-10-26(22,23)11-9-20/h1-7,12H,8-11H2. The zero-order chi connectivity index (χ0) is 18.1. The number of nitrogens with zero attached hydrogens (tertiary/aromatic N) is 2. The number of carbonyl (C=O) groups excluding carboxylic acids is 1. The number of anilines is 1. The second-order valence-corrected chi connectivity index (χ2v) is 9.45. The third-order valence-electron chi connectivity index (χ3n) is 4.30. The quantitative estimate of drug-likeness (QED) is 0.596. The molecule has 1 saturated heterocycles. The van der Waals surface area contributed by atoms with Crippen LogP contribution in [0.2, 0.25) is 0 Å². The molecular formula is C18H16N2O4S2. The maximum absolute atomic E-state index is 12.1. The summed E-state index contributed by atoms with van der Waals surface area (Å²) < 4.78 is 23.1. The molecule has 4 rings (SSSR count). The first kappa shape index (κ1) is 17.0. The molecule has 3 heterocycles. The van der Waals surface area contributed by atoms with Crippen molar-refractivity contribution in [1.82, 2.24) is 0 Å². The summed E-state index contributed by atoms with van der Waals surface area (Å²) >= 11 is 1.52. The van der Waals surface area contributed by atoms with Crippen molar-refractivity contribution in [2.24, 2.45) is 5.16 Å². The second kappa shape index (κ2) is 6.69. The zero-order valence-corrected chi connectivity index (χ0v) is 15.4. The minimum absolute atomic E-state index is 0.179. The van der Waals surface area contributed by atoms with Gasteiger partial charge in [-0.25, -0.2) is 13.2 Å². The largest absolute Gasteiger partial charge is 0.368 e. The summed E-state index contributed by atoms with van der Waals surface area (Å²) in [6.07, 6.45) is 1.77. The molecule has 0 bridgehead atoms. The van der Waals surface area contributed by atoms with Crippen LogP contribution in [-0.4, -0.2) is 44.7 Å². The lowest BCUT2D eigenvalue weighted by atomic mass is 10.0. The Morgan fingerprint density at radius 3 is 2.54 bits per heavy atom. The Morgan fingerprint density at radius 1 is 1.08 bits per heavy atom. The van der Waals surface area contributed by atoms with Crippen LogP contribution in [-0.2, 0) is 19.5 Å². The van der Waals surface area contributed by atoms with Gasteiger partial charge in [0, 0.05) is 23.5 Å². The maximum atomic E-state index is 12.1. The molecule has 0 unspecified atom stereocenters. The third-order valence-corrected chi connectivity index (χ3v) is 7.00. The summed E-state index contributed by atoms with van der Waals surface area (Å²) in [6, 6.07) is 13.3. The topological polar surface area (TPSA) is 76.0 Å². The number of sulfone groups is 1. The van der Waals surface area contributed by atoms with Crippen LogP contribution in [0.25, 0.3) is 6.08 Å². The number of benzene rings is 1. The van der Waals surface area contributed by atoms with Crippen LogP contribution < -0.4 is 4.90 Å². The van der Waals surface area contributed by atoms with Gasteiger partial charge in [-0.05, 0) is 18.2 Å². The van der Waals surface area contributed by atoms with Crippen LogP contribution in [0.4, 0.5) is 5.00 Å². The summed E-state index contributed by atoms with van der Waals surface area (Å²) in [5.41, 5.74) is 1.77. The summed E-state index contributed by atoms with van der Waals surface area (Å²) in [6.45, 7) is 0.995. The fraction of sp³-hybridized carbons (Fsp3) is 0.222. The lowest BCUT2D eigenvalue weighted by Crippen LogP contribution is -2.39. The molecule has 0 amide bonds. The molecule has 26 heavy (non-hydrogen) atoms. The number of thiophene rings is 1. The predicted molar refractivity (Wildman–Crippen MR) is 102 cm³/mol. The van der Waals surface area contributed by atoms with Gasteiger partial charge in [0.15, 0.2) is 9.84 Å². The van der Waals surface area contributed by atoms with Gasteiger partial charge in [-0.2, -0.15) is 0 Å². The summed E-state index contributed by atoms with van der Waals surface area (Å²) in [5, 5.41) is 4.90. The molecule has 0 atom stereocenters. The second-order valence-electron chi connectivity index (χ2n) is 6.06. The summed E-state index contributed by atoms with van der Waals surface area (Å²) in [5.74, 6) is -0.112. The minimum atomic E-state index is -2.91. The smallest absolute Gasteiger partial charge is 0.361 e. The van der Waals surface area contributed by atoms with E-state index in [2.05, 4.69) is 10.1 Å². The number of carbonyl (C=O) groups is 1. The van der Waals surface area contributed by atoms with Gasteiger partial charge in [0.2, 0.25) is 0 Å². The summed E-state index contributed by atoms with van der Waals surface area (Å²) in [7, 11) is -2.91. The molecule has 8 heteroatoms. The highest BCUT2D eigenvalue weighted by Crippen LogP contribution is 2.30. The molecule has 0 aliphatic carbocycles. The highest BCUT2D eigenvalue weighted by molar-refractivity contribution is 7.91. The van der Waals surface area contributed by atoms with E-state index in [-0.39, 0.29) is 11.5 Å². The zero-order valence-electron chi connectivity index (χ0n) is 13.8. The Hall–Kier alpha value is -2.45. The van der Waals surface area contributed by atoms with Crippen LogP contribution in [0.15, 0.2) is 53.2 Å². The van der Waals surface area contributed by atoms with Gasteiger partial charge in [0.1, 0.15) is 5.71 Å². The average molecular weight is 388 g/mol. The van der Waals surface area contributed by atoms with Crippen molar-refractivity contribution < 1.29 is 18.0 Å². The molecule has 1 aromatic carbocycles. The summed E-state index contributed by atoms with van der Waals surface area (Å²) in [4.78, 5) is 19.9. The van der Waals surface area contributed by atoms with Crippen molar-refractivity contribution in [3.63, 3.8) is 0 Å². The monoisotopic (exact) mass is 388 g/mol. The fourth-order valence-electron chi connectivity index (χ4n) is 2.88. The highest BCUT2D eigenvalue weighted by atomic mass is 32.2. The lowest BCUT2D eigenvalue weighted by molar-refractivity contribution is -0.136. The highest BCUT2D eigenvalue weighted by Gasteiger charge is 2.27. The minimum Gasteiger partial charge on any atom is -0.361 e. The van der Waals surface area contributed by atoms with E-state index < -0.39 is 15.8 Å². The average Bonchev–Trinajstić information content (AvgIpc) is 3.24. The van der Waals surface area contributed by atoms with E-state index in [0.29, 0.717) is 24.4 Å². The van der Waals surface area contributed by atoms with Crippen molar-refractivity contribution >= 4 is 43.9 Å². The Morgan fingerprint density at radius 2 is 1.81 bits per heavy atom. The Labute approximate surface area is 155 Å². The van der Waals surface area contributed by atoms with Gasteiger partial charge in [-0.3, -0.25) is 0 Å². The molecule has 2 aromatic rings. The van der Waals surface area contributed by atoms with Crippen molar-refractivity contribution in [3.05, 3.63) is 58.5 Å². The third kappa shape index (κ3) is 3.42. The molecule has 0 saturated carbocycles. The van der Waals surface area contributed by atoms with E-state index in [9.17, 15) is 13.2 Å². The Balaban J connectivity index is 1.58. The first-order valence-corrected chi connectivity index (χ1v) is 10.8. The number of hydrogen-bond donors (Lipinski definition) is 0. The van der Waals surface area contributed by atoms with Gasteiger partial charge in [0.05, 0.1) is 22.1 Å². The van der Waals surface area contributed by atoms with Crippen molar-refractivity contribution in [1.29, 1.82) is 0 Å². The Kier molecular flexibility index (Phi) is 4.37. The predicted octanol–water partition coefficient (Wildman–Crippen LogP) is 2.33. The van der Waals surface area contributed by atoms with E-state index >= 15 is 0 Å². The van der Waals surface area contributed by atoms with Gasteiger partial charge in [-0.1, -0.05) is 35.5 Å². The van der Waals surface area contributed by atoms with Crippen LogP contribution in [0.1, 0.15) is 10.4 Å². The van der Waals surface area contributed by atoms with Crippen LogP contribution >= 0.6 is 11.3 Å². The van der Waals surface area contributed by atoms with Crippen molar-refractivity contribution in [2.45, 2.75) is 0 Å². The lowest BCUT2D eigenvalue weighted by Gasteiger charge is -2.27. The molecule has 1 fully saturated rings. The molecule has 1 aromatic heterocycles. The number of rotatable bonds is 3. The van der Waals surface area contributed by atoms with E-state index in [1.165, 1.54) is 11.3 Å². The van der Waals surface area contributed by atoms with E-state index in [1.54, 1.807) is 6.08 Å². The van der Waals surface area contributed by atoms with Gasteiger partial charge in [-0.15, -0.1) is 11.3 Å². The number of hydrogen-bond acceptors (Lipinski definition) is 7. The molecule has 2 aliphatic rings. The van der Waals surface area contributed by atoms with Crippen LogP contribution in [0, 0.1) is 0 Å². The molecule has 0 spiro atoms. The van der Waals surface area contributed by atoms with Crippen molar-refractivity contribution in [2.75, 3.05) is 29.5 Å². The first-order valence-electron chi connectivity index (χ1n) is 8.14. The SMILES string of the molecule is O=C1ON=C(c2ccccc2)C1=Cc1ccc(N2CCS(=O)(=O)CC2)s1. The van der Waals surface area contributed by atoms with E-state index in [4.69, 9.17) is 4.84 Å². The Bertz CT molecular complexity index is 993. The van der Waals surface area contributed by atoms with E-state index in [1.807, 2.05) is 42.5 Å². The first-order chi connectivity index (χ1) is 12.5. The van der Waals surface area contributed by atoms with Crippen molar-refractivity contribution in [3.8, 4) is 0 Å². The molecular weight excluding hydrogens is 372 g/mol. The van der Waals surface area contributed by atoms with Gasteiger partial charge < -0.3 is 9.74 Å². The molecule has 0 N–H and O–H groups in total. The van der Waals surface area contributed by atoms with Crippen LogP contribution in [0.5, 0.6) is 0 Å². The normalized spacial score (nSPS) is 20.9. The maximum Gasteiger partial charge on any atom is 0.368 e.